The zero-order valence-electron chi connectivity index (χ0n) is 12.4. The first-order valence-corrected chi connectivity index (χ1v) is 7.29. The third-order valence-corrected chi connectivity index (χ3v) is 3.76. The van der Waals surface area contributed by atoms with Crippen molar-refractivity contribution in [2.75, 3.05) is 6.61 Å². The summed E-state index contributed by atoms with van der Waals surface area (Å²) in [4.78, 5) is 0. The van der Waals surface area contributed by atoms with Crippen LogP contribution in [0.4, 0.5) is 0 Å². The van der Waals surface area contributed by atoms with E-state index in [4.69, 9.17) is 9.47 Å². The molecule has 110 valence electrons. The Balaban J connectivity index is 1.57. The van der Waals surface area contributed by atoms with Gasteiger partial charge in [0, 0.05) is 6.42 Å². The fraction of sp³-hybridized carbons (Fsp3) is 0.333. The number of benzene rings is 2. The first-order chi connectivity index (χ1) is 10.1. The lowest BCUT2D eigenvalue weighted by atomic mass is 10.1. The van der Waals surface area contributed by atoms with Gasteiger partial charge in [0.05, 0.1) is 6.10 Å². The molecule has 0 radical (unpaired) electrons. The molecule has 1 N–H and O–H groups in total. The molecule has 0 saturated heterocycles. The summed E-state index contributed by atoms with van der Waals surface area (Å²) in [6, 6.07) is 13.8. The van der Waals surface area contributed by atoms with E-state index >= 15 is 0 Å². The summed E-state index contributed by atoms with van der Waals surface area (Å²) in [6.45, 7) is 4.37. The average Bonchev–Trinajstić information content (AvgIpc) is 2.87. The number of ether oxygens (including phenoxy) is 2. The van der Waals surface area contributed by atoms with Crippen molar-refractivity contribution >= 4 is 0 Å². The molecule has 3 nitrogen and oxygen atoms in total. The molecule has 21 heavy (non-hydrogen) atoms. The minimum atomic E-state index is -0.449. The second-order valence-corrected chi connectivity index (χ2v) is 5.61. The van der Waals surface area contributed by atoms with Gasteiger partial charge in [-0.1, -0.05) is 29.8 Å². The quantitative estimate of drug-likeness (QED) is 0.935. The molecule has 2 atom stereocenters. The van der Waals surface area contributed by atoms with Crippen molar-refractivity contribution in [2.45, 2.75) is 32.5 Å². The van der Waals surface area contributed by atoms with E-state index in [1.807, 2.05) is 30.3 Å². The predicted molar refractivity (Wildman–Crippen MR) is 81.9 cm³/mol. The van der Waals surface area contributed by atoms with Crippen LogP contribution in [0.25, 0.3) is 0 Å². The lowest BCUT2D eigenvalue weighted by Crippen LogP contribution is -2.22. The van der Waals surface area contributed by atoms with E-state index in [0.29, 0.717) is 6.61 Å². The van der Waals surface area contributed by atoms with E-state index < -0.39 is 6.10 Å². The van der Waals surface area contributed by atoms with Crippen molar-refractivity contribution in [3.63, 3.8) is 0 Å². The van der Waals surface area contributed by atoms with Crippen molar-refractivity contribution in [1.82, 2.24) is 0 Å². The Morgan fingerprint density at radius 1 is 1.24 bits per heavy atom. The molecule has 0 fully saturated rings. The van der Waals surface area contributed by atoms with Crippen LogP contribution in [0.3, 0.4) is 0 Å². The standard InChI is InChI=1S/C18H20O3/c1-12-3-8-18-15(9-12)10-17(21-18)11-20-16-6-4-14(5-7-16)13(2)19/h3-9,13,17,19H,10-11H2,1-2H3. The van der Waals surface area contributed by atoms with E-state index in [1.54, 1.807) is 6.92 Å². The second-order valence-electron chi connectivity index (χ2n) is 5.61. The van der Waals surface area contributed by atoms with Gasteiger partial charge in [-0.3, -0.25) is 0 Å². The van der Waals surface area contributed by atoms with Crippen LogP contribution in [0.2, 0.25) is 0 Å². The molecule has 2 unspecified atom stereocenters. The number of aliphatic hydroxyl groups is 1. The van der Waals surface area contributed by atoms with Crippen LogP contribution in [-0.4, -0.2) is 17.8 Å². The van der Waals surface area contributed by atoms with E-state index in [-0.39, 0.29) is 6.10 Å². The molecule has 0 saturated carbocycles. The summed E-state index contributed by atoms with van der Waals surface area (Å²) in [7, 11) is 0. The highest BCUT2D eigenvalue weighted by molar-refractivity contribution is 5.40. The first kappa shape index (κ1) is 14.0. The van der Waals surface area contributed by atoms with Crippen molar-refractivity contribution in [3.05, 3.63) is 59.2 Å². The molecule has 0 spiro atoms. The summed E-state index contributed by atoms with van der Waals surface area (Å²) in [5.41, 5.74) is 3.41. The van der Waals surface area contributed by atoms with Gasteiger partial charge in [-0.15, -0.1) is 0 Å². The van der Waals surface area contributed by atoms with Crippen molar-refractivity contribution < 1.29 is 14.6 Å². The summed E-state index contributed by atoms with van der Waals surface area (Å²) in [6.07, 6.45) is 0.510. The highest BCUT2D eigenvalue weighted by Crippen LogP contribution is 2.29. The Morgan fingerprint density at radius 2 is 2.00 bits per heavy atom. The van der Waals surface area contributed by atoms with Gasteiger partial charge in [0.15, 0.2) is 0 Å². The molecule has 2 aromatic rings. The maximum absolute atomic E-state index is 9.48. The first-order valence-electron chi connectivity index (χ1n) is 7.29. The van der Waals surface area contributed by atoms with Gasteiger partial charge in [-0.25, -0.2) is 0 Å². The smallest absolute Gasteiger partial charge is 0.137 e. The highest BCUT2D eigenvalue weighted by Gasteiger charge is 2.23. The average molecular weight is 284 g/mol. The molecular weight excluding hydrogens is 264 g/mol. The minimum absolute atomic E-state index is 0.0678. The fourth-order valence-corrected chi connectivity index (χ4v) is 2.57. The van der Waals surface area contributed by atoms with Gasteiger partial charge in [0.25, 0.3) is 0 Å². The van der Waals surface area contributed by atoms with Gasteiger partial charge in [0.2, 0.25) is 0 Å². The summed E-state index contributed by atoms with van der Waals surface area (Å²) in [5.74, 6) is 1.77. The normalized spacial score (nSPS) is 18.0. The molecule has 3 rings (SSSR count). The molecule has 2 aromatic carbocycles. The van der Waals surface area contributed by atoms with E-state index in [1.165, 1.54) is 11.1 Å². The monoisotopic (exact) mass is 284 g/mol. The van der Waals surface area contributed by atoms with Gasteiger partial charge < -0.3 is 14.6 Å². The Bertz CT molecular complexity index is 617. The number of fused-ring (bicyclic) bond motifs is 1. The number of aryl methyl sites for hydroxylation is 1. The highest BCUT2D eigenvalue weighted by atomic mass is 16.5. The van der Waals surface area contributed by atoms with Gasteiger partial charge in [-0.2, -0.15) is 0 Å². The van der Waals surface area contributed by atoms with Crippen LogP contribution < -0.4 is 9.47 Å². The maximum Gasteiger partial charge on any atom is 0.137 e. The number of hydrogen-bond donors (Lipinski definition) is 1. The second kappa shape index (κ2) is 5.78. The zero-order valence-corrected chi connectivity index (χ0v) is 12.4. The third kappa shape index (κ3) is 3.19. The molecule has 1 aliphatic heterocycles. The molecule has 3 heteroatoms. The van der Waals surface area contributed by atoms with E-state index in [0.717, 1.165) is 23.5 Å². The molecule has 0 aliphatic carbocycles. The van der Waals surface area contributed by atoms with Crippen LogP contribution in [-0.2, 0) is 6.42 Å². The maximum atomic E-state index is 9.48. The SMILES string of the molecule is Cc1ccc2c(c1)CC(COc1ccc(C(C)O)cc1)O2. The fourth-order valence-electron chi connectivity index (χ4n) is 2.57. The predicted octanol–water partition coefficient (Wildman–Crippen LogP) is 3.43. The lowest BCUT2D eigenvalue weighted by molar-refractivity contribution is 0.148. The zero-order chi connectivity index (χ0) is 14.8. The summed E-state index contributed by atoms with van der Waals surface area (Å²) >= 11 is 0. The summed E-state index contributed by atoms with van der Waals surface area (Å²) in [5, 5.41) is 9.48. The Labute approximate surface area is 125 Å². The molecule has 0 aromatic heterocycles. The molecule has 1 heterocycles. The van der Waals surface area contributed by atoms with Crippen LogP contribution in [0.15, 0.2) is 42.5 Å². The van der Waals surface area contributed by atoms with E-state index in [2.05, 4.69) is 19.1 Å². The molecule has 1 aliphatic rings. The van der Waals surface area contributed by atoms with Crippen LogP contribution in [0.1, 0.15) is 29.7 Å². The van der Waals surface area contributed by atoms with Crippen molar-refractivity contribution in [3.8, 4) is 11.5 Å². The Hall–Kier alpha value is -2.00. The number of aliphatic hydroxyl groups excluding tert-OH is 1. The Morgan fingerprint density at radius 3 is 2.71 bits per heavy atom. The number of rotatable bonds is 4. The van der Waals surface area contributed by atoms with Crippen molar-refractivity contribution in [1.29, 1.82) is 0 Å². The largest absolute Gasteiger partial charge is 0.490 e. The summed E-state index contributed by atoms with van der Waals surface area (Å²) < 4.78 is 11.7. The topological polar surface area (TPSA) is 38.7 Å². The van der Waals surface area contributed by atoms with Crippen molar-refractivity contribution in [2.24, 2.45) is 0 Å². The van der Waals surface area contributed by atoms with Gasteiger partial charge in [0.1, 0.15) is 24.2 Å². The molecule has 0 bridgehead atoms. The Kier molecular flexibility index (Phi) is 3.84. The van der Waals surface area contributed by atoms with E-state index in [9.17, 15) is 5.11 Å². The number of hydrogen-bond acceptors (Lipinski definition) is 3. The molecular formula is C18H20O3. The van der Waals surface area contributed by atoms with Crippen LogP contribution >= 0.6 is 0 Å². The van der Waals surface area contributed by atoms with Crippen LogP contribution in [0.5, 0.6) is 11.5 Å². The lowest BCUT2D eigenvalue weighted by Gasteiger charge is -2.13. The van der Waals surface area contributed by atoms with Crippen LogP contribution in [0, 0.1) is 6.92 Å². The minimum Gasteiger partial charge on any atom is -0.490 e. The van der Waals surface area contributed by atoms with Gasteiger partial charge in [-0.05, 0) is 43.2 Å². The third-order valence-electron chi connectivity index (χ3n) is 3.76. The van der Waals surface area contributed by atoms with Gasteiger partial charge >= 0.3 is 0 Å². The molecule has 0 amide bonds.